The van der Waals surface area contributed by atoms with Crippen molar-refractivity contribution in [2.24, 2.45) is 4.99 Å². The van der Waals surface area contributed by atoms with Crippen LogP contribution in [0.2, 0.25) is 0 Å². The zero-order valence-electron chi connectivity index (χ0n) is 20.2. The third-order valence-corrected chi connectivity index (χ3v) is 6.52. The molecule has 0 bridgehead atoms. The summed E-state index contributed by atoms with van der Waals surface area (Å²) >= 11 is 0. The SMILES string of the molecule is CCCN1CCC(NC(=NCC(=O)N(C)C)NC2CCN(Cc3ccccc3)CC2)CC1. The number of benzene rings is 1. The quantitative estimate of drug-likeness (QED) is 0.477. The zero-order valence-corrected chi connectivity index (χ0v) is 20.2. The van der Waals surface area contributed by atoms with E-state index in [9.17, 15) is 4.79 Å². The summed E-state index contributed by atoms with van der Waals surface area (Å²) in [5, 5.41) is 7.29. The number of aliphatic imine (C=N–C) groups is 1. The lowest BCUT2D eigenvalue weighted by Crippen LogP contribution is -2.53. The van der Waals surface area contributed by atoms with E-state index >= 15 is 0 Å². The summed E-state index contributed by atoms with van der Waals surface area (Å²) in [5.74, 6) is 0.831. The summed E-state index contributed by atoms with van der Waals surface area (Å²) < 4.78 is 0. The molecule has 0 radical (unpaired) electrons. The summed E-state index contributed by atoms with van der Waals surface area (Å²) in [6.07, 6.45) is 5.63. The largest absolute Gasteiger partial charge is 0.354 e. The Labute approximate surface area is 194 Å². The van der Waals surface area contributed by atoms with Crippen LogP contribution in [0.4, 0.5) is 0 Å². The van der Waals surface area contributed by atoms with Crippen molar-refractivity contribution >= 4 is 11.9 Å². The summed E-state index contributed by atoms with van der Waals surface area (Å²) in [5.41, 5.74) is 1.37. The molecule has 2 heterocycles. The van der Waals surface area contributed by atoms with Gasteiger partial charge in [-0.1, -0.05) is 37.3 Å². The van der Waals surface area contributed by atoms with E-state index < -0.39 is 0 Å². The molecule has 178 valence electrons. The topological polar surface area (TPSA) is 63.2 Å². The molecule has 1 amide bonds. The summed E-state index contributed by atoms with van der Waals surface area (Å²) in [6, 6.07) is 11.5. The van der Waals surface area contributed by atoms with Crippen LogP contribution in [-0.2, 0) is 11.3 Å². The van der Waals surface area contributed by atoms with Gasteiger partial charge in [0, 0.05) is 58.9 Å². The van der Waals surface area contributed by atoms with Crippen molar-refractivity contribution in [3.63, 3.8) is 0 Å². The Bertz CT molecular complexity index is 706. The van der Waals surface area contributed by atoms with E-state index in [2.05, 4.69) is 62.7 Å². The van der Waals surface area contributed by atoms with Crippen LogP contribution in [0.25, 0.3) is 0 Å². The molecule has 3 rings (SSSR count). The Kier molecular flexibility index (Phi) is 9.81. The van der Waals surface area contributed by atoms with Gasteiger partial charge in [0.15, 0.2) is 5.96 Å². The molecule has 0 saturated carbocycles. The number of hydrogen-bond acceptors (Lipinski definition) is 4. The number of nitrogens with zero attached hydrogens (tertiary/aromatic N) is 4. The maximum Gasteiger partial charge on any atom is 0.243 e. The highest BCUT2D eigenvalue weighted by atomic mass is 16.2. The van der Waals surface area contributed by atoms with Gasteiger partial charge in [0.05, 0.1) is 0 Å². The number of carbonyl (C=O) groups excluding carboxylic acids is 1. The Morgan fingerprint density at radius 3 is 2.06 bits per heavy atom. The Morgan fingerprint density at radius 1 is 0.969 bits per heavy atom. The van der Waals surface area contributed by atoms with Crippen molar-refractivity contribution in [2.75, 3.05) is 53.4 Å². The number of carbonyl (C=O) groups is 1. The first-order valence-corrected chi connectivity index (χ1v) is 12.3. The Balaban J connectivity index is 1.51. The van der Waals surface area contributed by atoms with E-state index in [0.29, 0.717) is 12.1 Å². The zero-order chi connectivity index (χ0) is 22.8. The fourth-order valence-electron chi connectivity index (χ4n) is 4.50. The average Bonchev–Trinajstić information content (AvgIpc) is 2.80. The van der Waals surface area contributed by atoms with Crippen molar-refractivity contribution in [2.45, 2.75) is 57.7 Å². The second-order valence-electron chi connectivity index (χ2n) is 9.39. The molecule has 0 aliphatic carbocycles. The van der Waals surface area contributed by atoms with Gasteiger partial charge in [0.1, 0.15) is 6.54 Å². The molecule has 1 aromatic carbocycles. The van der Waals surface area contributed by atoms with Crippen LogP contribution in [0.5, 0.6) is 0 Å². The fourth-order valence-corrected chi connectivity index (χ4v) is 4.50. The van der Waals surface area contributed by atoms with Crippen molar-refractivity contribution in [3.05, 3.63) is 35.9 Å². The lowest BCUT2D eigenvalue weighted by atomic mass is 10.0. The lowest BCUT2D eigenvalue weighted by molar-refractivity contribution is -0.127. The van der Waals surface area contributed by atoms with Gasteiger partial charge < -0.3 is 20.4 Å². The maximum absolute atomic E-state index is 12.1. The van der Waals surface area contributed by atoms with E-state index in [4.69, 9.17) is 0 Å². The second kappa shape index (κ2) is 12.8. The molecule has 2 N–H and O–H groups in total. The summed E-state index contributed by atoms with van der Waals surface area (Å²) in [6.45, 7) is 9.04. The van der Waals surface area contributed by atoms with E-state index in [1.807, 2.05) is 0 Å². The van der Waals surface area contributed by atoms with Crippen LogP contribution in [-0.4, -0.2) is 92.0 Å². The third-order valence-electron chi connectivity index (χ3n) is 6.52. The van der Waals surface area contributed by atoms with Gasteiger partial charge in [0.2, 0.25) is 5.91 Å². The minimum absolute atomic E-state index is 0.0292. The molecule has 1 aromatic rings. The van der Waals surface area contributed by atoms with Gasteiger partial charge in [0.25, 0.3) is 0 Å². The van der Waals surface area contributed by atoms with Gasteiger partial charge in [-0.2, -0.15) is 0 Å². The van der Waals surface area contributed by atoms with Gasteiger partial charge in [-0.3, -0.25) is 9.69 Å². The number of rotatable bonds is 8. The molecule has 0 atom stereocenters. The van der Waals surface area contributed by atoms with Gasteiger partial charge in [-0.25, -0.2) is 4.99 Å². The average molecular weight is 443 g/mol. The van der Waals surface area contributed by atoms with Crippen LogP contribution in [0.15, 0.2) is 35.3 Å². The smallest absolute Gasteiger partial charge is 0.243 e. The highest BCUT2D eigenvalue weighted by molar-refractivity contribution is 5.85. The molecule has 0 spiro atoms. The molecule has 7 heteroatoms. The second-order valence-corrected chi connectivity index (χ2v) is 9.39. The van der Waals surface area contributed by atoms with Crippen molar-refractivity contribution in [1.82, 2.24) is 25.3 Å². The third kappa shape index (κ3) is 8.10. The van der Waals surface area contributed by atoms with E-state index in [1.165, 1.54) is 18.5 Å². The number of guanidine groups is 1. The monoisotopic (exact) mass is 442 g/mol. The number of likely N-dealkylation sites (tertiary alicyclic amines) is 2. The number of likely N-dealkylation sites (N-methyl/N-ethyl adjacent to an activating group) is 1. The van der Waals surface area contributed by atoms with Crippen LogP contribution in [0, 0.1) is 0 Å². The van der Waals surface area contributed by atoms with Gasteiger partial charge in [-0.15, -0.1) is 0 Å². The molecular formula is C25H42N6O. The highest BCUT2D eigenvalue weighted by Crippen LogP contribution is 2.15. The maximum atomic E-state index is 12.1. The van der Waals surface area contributed by atoms with Crippen LogP contribution in [0.1, 0.15) is 44.6 Å². The number of amides is 1. The van der Waals surface area contributed by atoms with Crippen LogP contribution >= 0.6 is 0 Å². The molecule has 2 fully saturated rings. The normalized spacial score (nSPS) is 19.7. The first-order chi connectivity index (χ1) is 15.5. The van der Waals surface area contributed by atoms with Crippen LogP contribution < -0.4 is 10.6 Å². The molecule has 2 aliphatic heterocycles. The summed E-state index contributed by atoms with van der Waals surface area (Å²) in [4.78, 5) is 23.4. The molecule has 0 unspecified atom stereocenters. The lowest BCUT2D eigenvalue weighted by Gasteiger charge is -2.35. The van der Waals surface area contributed by atoms with Crippen LogP contribution in [0.3, 0.4) is 0 Å². The fraction of sp³-hybridized carbons (Fsp3) is 0.680. The Morgan fingerprint density at radius 2 is 1.53 bits per heavy atom. The number of hydrogen-bond donors (Lipinski definition) is 2. The Hall–Kier alpha value is -2.12. The van der Waals surface area contributed by atoms with E-state index in [0.717, 1.165) is 64.4 Å². The minimum Gasteiger partial charge on any atom is -0.354 e. The number of piperidine rings is 2. The molecule has 0 aromatic heterocycles. The van der Waals surface area contributed by atoms with E-state index in [1.54, 1.807) is 19.0 Å². The first-order valence-electron chi connectivity index (χ1n) is 12.3. The predicted octanol–water partition coefficient (Wildman–Crippen LogP) is 2.15. The van der Waals surface area contributed by atoms with Crippen molar-refractivity contribution in [3.8, 4) is 0 Å². The molecular weight excluding hydrogens is 400 g/mol. The predicted molar refractivity (Wildman–Crippen MR) is 132 cm³/mol. The van der Waals surface area contributed by atoms with Crippen molar-refractivity contribution < 1.29 is 4.79 Å². The highest BCUT2D eigenvalue weighted by Gasteiger charge is 2.23. The molecule has 7 nitrogen and oxygen atoms in total. The summed E-state index contributed by atoms with van der Waals surface area (Å²) in [7, 11) is 3.56. The molecule has 2 aliphatic rings. The minimum atomic E-state index is 0.0292. The molecule has 32 heavy (non-hydrogen) atoms. The number of nitrogens with one attached hydrogen (secondary N) is 2. The molecule has 2 saturated heterocycles. The van der Waals surface area contributed by atoms with Crippen molar-refractivity contribution in [1.29, 1.82) is 0 Å². The standard InChI is InChI=1S/C25H42N6O/c1-4-14-30-15-10-22(11-16-30)27-25(26-19-24(32)29(2)3)28-23-12-17-31(18-13-23)20-21-8-6-5-7-9-21/h5-9,22-23H,4,10-20H2,1-3H3,(H2,26,27,28). The first kappa shape index (κ1) is 24.5. The van der Waals surface area contributed by atoms with E-state index in [-0.39, 0.29) is 12.5 Å². The van der Waals surface area contributed by atoms with Gasteiger partial charge >= 0.3 is 0 Å². The van der Waals surface area contributed by atoms with Gasteiger partial charge in [-0.05, 0) is 44.2 Å².